The van der Waals surface area contributed by atoms with Gasteiger partial charge in [0.1, 0.15) is 11.8 Å². The molecule has 1 aliphatic heterocycles. The standard InChI is InChI=1S/C15H16BrNO3S/c16-13-6-5-12(21-13)14(11-4-2-8-20-11)17-7-1-3-10(9-17)15(18)19/h2,4-6,8,10,14H,1,3,7,9H2,(H,18,19). The summed E-state index contributed by atoms with van der Waals surface area (Å²) in [6.07, 6.45) is 3.33. The molecule has 2 aromatic heterocycles. The molecule has 2 unspecified atom stereocenters. The van der Waals surface area contributed by atoms with Crippen molar-refractivity contribution in [1.82, 2.24) is 4.90 Å². The van der Waals surface area contributed by atoms with Crippen molar-refractivity contribution >= 4 is 33.2 Å². The molecule has 112 valence electrons. The molecule has 0 saturated carbocycles. The van der Waals surface area contributed by atoms with Crippen LogP contribution in [0.4, 0.5) is 0 Å². The van der Waals surface area contributed by atoms with Gasteiger partial charge in [-0.15, -0.1) is 11.3 Å². The molecule has 0 amide bonds. The smallest absolute Gasteiger partial charge is 0.307 e. The van der Waals surface area contributed by atoms with Crippen LogP contribution in [0.25, 0.3) is 0 Å². The van der Waals surface area contributed by atoms with Gasteiger partial charge < -0.3 is 9.52 Å². The molecule has 0 spiro atoms. The number of carbonyl (C=O) groups is 1. The van der Waals surface area contributed by atoms with E-state index in [1.54, 1.807) is 17.6 Å². The molecule has 1 fully saturated rings. The first-order chi connectivity index (χ1) is 10.1. The van der Waals surface area contributed by atoms with Crippen molar-refractivity contribution in [3.8, 4) is 0 Å². The van der Waals surface area contributed by atoms with Gasteiger partial charge in [0.05, 0.1) is 16.0 Å². The highest BCUT2D eigenvalue weighted by molar-refractivity contribution is 9.11. The first-order valence-corrected chi connectivity index (χ1v) is 8.51. The Morgan fingerprint density at radius 2 is 2.33 bits per heavy atom. The number of piperidine rings is 1. The summed E-state index contributed by atoms with van der Waals surface area (Å²) in [4.78, 5) is 14.7. The predicted octanol–water partition coefficient (Wildman–Crippen LogP) is 3.99. The topological polar surface area (TPSA) is 53.7 Å². The molecule has 1 aliphatic rings. The summed E-state index contributed by atoms with van der Waals surface area (Å²) in [6.45, 7) is 1.46. The number of halogens is 1. The van der Waals surface area contributed by atoms with Gasteiger partial charge in [-0.25, -0.2) is 0 Å². The van der Waals surface area contributed by atoms with Crippen molar-refractivity contribution in [2.45, 2.75) is 18.9 Å². The highest BCUT2D eigenvalue weighted by atomic mass is 79.9. The highest BCUT2D eigenvalue weighted by Crippen LogP contribution is 2.37. The second-order valence-electron chi connectivity index (χ2n) is 5.23. The molecule has 4 nitrogen and oxygen atoms in total. The number of thiophene rings is 1. The minimum atomic E-state index is -0.703. The monoisotopic (exact) mass is 369 g/mol. The van der Waals surface area contributed by atoms with Crippen molar-refractivity contribution in [1.29, 1.82) is 0 Å². The number of nitrogens with zero attached hydrogens (tertiary/aromatic N) is 1. The van der Waals surface area contributed by atoms with Crippen LogP contribution in [0.3, 0.4) is 0 Å². The van der Waals surface area contributed by atoms with Crippen LogP contribution in [0.5, 0.6) is 0 Å². The molecule has 0 aromatic carbocycles. The Kier molecular flexibility index (Phi) is 4.47. The zero-order valence-electron chi connectivity index (χ0n) is 11.4. The first kappa shape index (κ1) is 14.8. The zero-order chi connectivity index (χ0) is 14.8. The average molecular weight is 370 g/mol. The van der Waals surface area contributed by atoms with E-state index in [-0.39, 0.29) is 12.0 Å². The maximum atomic E-state index is 11.3. The van der Waals surface area contributed by atoms with Crippen LogP contribution in [0.15, 0.2) is 38.7 Å². The summed E-state index contributed by atoms with van der Waals surface area (Å²) < 4.78 is 6.68. The number of rotatable bonds is 4. The molecule has 1 N–H and O–H groups in total. The molecule has 3 heterocycles. The third kappa shape index (κ3) is 3.22. The number of furan rings is 1. The summed E-state index contributed by atoms with van der Waals surface area (Å²) >= 11 is 5.16. The molecule has 6 heteroatoms. The van der Waals surface area contributed by atoms with Crippen LogP contribution in [-0.2, 0) is 4.79 Å². The molecule has 0 radical (unpaired) electrons. The number of hydrogen-bond donors (Lipinski definition) is 1. The minimum Gasteiger partial charge on any atom is -0.481 e. The molecular weight excluding hydrogens is 354 g/mol. The SMILES string of the molecule is O=C(O)C1CCCN(C(c2ccco2)c2ccc(Br)s2)C1. The number of carboxylic acids is 1. The Labute approximate surface area is 135 Å². The van der Waals surface area contributed by atoms with Gasteiger partial charge in [-0.05, 0) is 59.6 Å². The van der Waals surface area contributed by atoms with E-state index in [4.69, 9.17) is 4.42 Å². The van der Waals surface area contributed by atoms with Gasteiger partial charge >= 0.3 is 5.97 Å². The van der Waals surface area contributed by atoms with Gasteiger partial charge in [0.25, 0.3) is 0 Å². The number of aliphatic carboxylic acids is 1. The summed E-state index contributed by atoms with van der Waals surface area (Å²) in [5.41, 5.74) is 0. The van der Waals surface area contributed by atoms with Crippen molar-refractivity contribution in [2.24, 2.45) is 5.92 Å². The quantitative estimate of drug-likeness (QED) is 0.884. The largest absolute Gasteiger partial charge is 0.481 e. The van der Waals surface area contributed by atoms with E-state index in [0.717, 1.165) is 28.9 Å². The van der Waals surface area contributed by atoms with Crippen molar-refractivity contribution < 1.29 is 14.3 Å². The summed E-state index contributed by atoms with van der Waals surface area (Å²) in [7, 11) is 0. The third-order valence-electron chi connectivity index (χ3n) is 3.84. The molecule has 0 aliphatic carbocycles. The molecule has 1 saturated heterocycles. The number of carboxylic acid groups (broad SMARTS) is 1. The van der Waals surface area contributed by atoms with Crippen LogP contribution >= 0.6 is 27.3 Å². The van der Waals surface area contributed by atoms with E-state index >= 15 is 0 Å². The Balaban J connectivity index is 1.90. The van der Waals surface area contributed by atoms with Crippen LogP contribution < -0.4 is 0 Å². The van der Waals surface area contributed by atoms with E-state index in [1.807, 2.05) is 18.2 Å². The molecular formula is C15H16BrNO3S. The lowest BCUT2D eigenvalue weighted by Gasteiger charge is -2.35. The van der Waals surface area contributed by atoms with Crippen LogP contribution in [0.1, 0.15) is 29.5 Å². The Morgan fingerprint density at radius 1 is 1.48 bits per heavy atom. The Bertz CT molecular complexity index is 610. The van der Waals surface area contributed by atoms with Gasteiger partial charge in [-0.2, -0.15) is 0 Å². The number of likely N-dealkylation sites (tertiary alicyclic amines) is 1. The fraction of sp³-hybridized carbons (Fsp3) is 0.400. The normalized spacial score (nSPS) is 21.3. The lowest BCUT2D eigenvalue weighted by atomic mass is 9.96. The minimum absolute atomic E-state index is 0.00144. The fourth-order valence-electron chi connectivity index (χ4n) is 2.86. The molecule has 3 rings (SSSR count). The third-order valence-corrected chi connectivity index (χ3v) is 5.52. The van der Waals surface area contributed by atoms with Crippen molar-refractivity contribution in [3.05, 3.63) is 45.0 Å². The molecule has 0 bridgehead atoms. The lowest BCUT2D eigenvalue weighted by Crippen LogP contribution is -2.41. The van der Waals surface area contributed by atoms with Crippen molar-refractivity contribution in [3.63, 3.8) is 0 Å². The fourth-order valence-corrected chi connectivity index (χ4v) is 4.43. The van der Waals surface area contributed by atoms with Gasteiger partial charge in [-0.3, -0.25) is 9.69 Å². The maximum Gasteiger partial charge on any atom is 0.307 e. The average Bonchev–Trinajstić information content (AvgIpc) is 3.12. The second kappa shape index (κ2) is 6.34. The number of hydrogen-bond acceptors (Lipinski definition) is 4. The van der Waals surface area contributed by atoms with Crippen LogP contribution in [-0.4, -0.2) is 29.1 Å². The van der Waals surface area contributed by atoms with Gasteiger partial charge in [-0.1, -0.05) is 0 Å². The molecule has 2 aromatic rings. The Morgan fingerprint density at radius 3 is 2.95 bits per heavy atom. The van der Waals surface area contributed by atoms with Gasteiger partial charge in [0.2, 0.25) is 0 Å². The summed E-state index contributed by atoms with van der Waals surface area (Å²) in [6, 6.07) is 7.94. The second-order valence-corrected chi connectivity index (χ2v) is 7.73. The summed E-state index contributed by atoms with van der Waals surface area (Å²) in [5.74, 6) is -0.125. The van der Waals surface area contributed by atoms with E-state index in [1.165, 1.54) is 4.88 Å². The van der Waals surface area contributed by atoms with Crippen LogP contribution in [0, 0.1) is 5.92 Å². The molecule has 21 heavy (non-hydrogen) atoms. The van der Waals surface area contributed by atoms with E-state index in [0.29, 0.717) is 6.54 Å². The van der Waals surface area contributed by atoms with Gasteiger partial charge in [0, 0.05) is 11.4 Å². The van der Waals surface area contributed by atoms with Gasteiger partial charge in [0.15, 0.2) is 0 Å². The Hall–Kier alpha value is -1.11. The molecule has 2 atom stereocenters. The maximum absolute atomic E-state index is 11.3. The van der Waals surface area contributed by atoms with E-state index < -0.39 is 5.97 Å². The first-order valence-electron chi connectivity index (χ1n) is 6.90. The van der Waals surface area contributed by atoms with Crippen molar-refractivity contribution in [2.75, 3.05) is 13.1 Å². The van der Waals surface area contributed by atoms with E-state index in [9.17, 15) is 9.90 Å². The van der Waals surface area contributed by atoms with Crippen LogP contribution in [0.2, 0.25) is 0 Å². The predicted molar refractivity (Wildman–Crippen MR) is 84.5 cm³/mol. The van der Waals surface area contributed by atoms with E-state index in [2.05, 4.69) is 26.9 Å². The highest BCUT2D eigenvalue weighted by Gasteiger charge is 2.33. The summed E-state index contributed by atoms with van der Waals surface area (Å²) in [5, 5.41) is 9.29. The lowest BCUT2D eigenvalue weighted by molar-refractivity contribution is -0.143. The zero-order valence-corrected chi connectivity index (χ0v) is 13.8.